The Balaban J connectivity index is 1.63. The normalized spacial score (nSPS) is 17.3. The first-order chi connectivity index (χ1) is 11.6. The molecule has 1 saturated heterocycles. The standard InChI is InChI=1S/C17H19N5O2/c18-17(24)22-8-4-7-13(11-22)16(23)21-14-9-19-15(20-10-14)12-5-2-1-3-6-12/h1-3,5-6,9-10,13H,4,7-8,11H2,(H2,18,24)(H,21,23)/t13-/m0/s1. The zero-order valence-corrected chi connectivity index (χ0v) is 13.2. The number of amides is 3. The van der Waals surface area contributed by atoms with Crippen LogP contribution < -0.4 is 11.1 Å². The Hall–Kier alpha value is -2.96. The number of urea groups is 1. The number of nitrogens with two attached hydrogens (primary N) is 1. The summed E-state index contributed by atoms with van der Waals surface area (Å²) in [7, 11) is 0. The van der Waals surface area contributed by atoms with Gasteiger partial charge in [0.25, 0.3) is 0 Å². The number of nitrogens with one attached hydrogen (secondary N) is 1. The fraction of sp³-hybridized carbons (Fsp3) is 0.294. The minimum absolute atomic E-state index is 0.142. The summed E-state index contributed by atoms with van der Waals surface area (Å²) in [4.78, 5) is 33.7. The van der Waals surface area contributed by atoms with Crippen LogP contribution in [0.4, 0.5) is 10.5 Å². The molecule has 24 heavy (non-hydrogen) atoms. The van der Waals surface area contributed by atoms with Crippen molar-refractivity contribution in [2.24, 2.45) is 11.7 Å². The molecular formula is C17H19N5O2. The van der Waals surface area contributed by atoms with Crippen LogP contribution in [0.25, 0.3) is 11.4 Å². The number of likely N-dealkylation sites (tertiary alicyclic amines) is 1. The number of hydrogen-bond acceptors (Lipinski definition) is 4. The molecule has 0 unspecified atom stereocenters. The number of aromatic nitrogens is 2. The Labute approximate surface area is 139 Å². The molecule has 1 aliphatic rings. The van der Waals surface area contributed by atoms with Crippen LogP contribution in [-0.4, -0.2) is 39.9 Å². The summed E-state index contributed by atoms with van der Waals surface area (Å²) in [6.07, 6.45) is 4.67. The molecule has 7 nitrogen and oxygen atoms in total. The van der Waals surface area contributed by atoms with Gasteiger partial charge in [-0.1, -0.05) is 30.3 Å². The highest BCUT2D eigenvalue weighted by molar-refractivity contribution is 5.92. The lowest BCUT2D eigenvalue weighted by Gasteiger charge is -2.30. The summed E-state index contributed by atoms with van der Waals surface area (Å²) in [6, 6.07) is 9.13. The molecule has 2 aromatic rings. The predicted octanol–water partition coefficient (Wildman–Crippen LogP) is 1.87. The molecule has 0 saturated carbocycles. The lowest BCUT2D eigenvalue weighted by molar-refractivity contribution is -0.121. The zero-order valence-electron chi connectivity index (χ0n) is 13.2. The van der Waals surface area contributed by atoms with Crippen LogP contribution in [0, 0.1) is 5.92 Å². The number of piperidine rings is 1. The second-order valence-corrected chi connectivity index (χ2v) is 5.77. The van der Waals surface area contributed by atoms with E-state index in [4.69, 9.17) is 5.73 Å². The van der Waals surface area contributed by atoms with Gasteiger partial charge in [0.1, 0.15) is 0 Å². The van der Waals surface area contributed by atoms with Crippen LogP contribution in [0.1, 0.15) is 12.8 Å². The van der Waals surface area contributed by atoms with Crippen LogP contribution in [0.15, 0.2) is 42.7 Å². The number of nitrogens with zero attached hydrogens (tertiary/aromatic N) is 3. The Morgan fingerprint density at radius 3 is 2.54 bits per heavy atom. The van der Waals surface area contributed by atoms with E-state index >= 15 is 0 Å². The van der Waals surface area contributed by atoms with Crippen molar-refractivity contribution < 1.29 is 9.59 Å². The summed E-state index contributed by atoms with van der Waals surface area (Å²) in [5.74, 6) is 0.197. The van der Waals surface area contributed by atoms with E-state index in [0.717, 1.165) is 18.4 Å². The highest BCUT2D eigenvalue weighted by Gasteiger charge is 2.27. The van der Waals surface area contributed by atoms with Gasteiger partial charge in [0.05, 0.1) is 24.0 Å². The third-order valence-corrected chi connectivity index (χ3v) is 4.06. The molecule has 0 bridgehead atoms. The van der Waals surface area contributed by atoms with Crippen LogP contribution in [-0.2, 0) is 4.79 Å². The minimum Gasteiger partial charge on any atom is -0.351 e. The highest BCUT2D eigenvalue weighted by Crippen LogP contribution is 2.19. The Kier molecular flexibility index (Phi) is 4.69. The summed E-state index contributed by atoms with van der Waals surface area (Å²) in [5, 5.41) is 2.81. The van der Waals surface area contributed by atoms with Gasteiger partial charge in [-0.25, -0.2) is 14.8 Å². The van der Waals surface area contributed by atoms with E-state index in [2.05, 4.69) is 15.3 Å². The van der Waals surface area contributed by atoms with Crippen molar-refractivity contribution in [3.63, 3.8) is 0 Å². The van der Waals surface area contributed by atoms with Gasteiger partial charge in [-0.2, -0.15) is 0 Å². The molecule has 1 aromatic heterocycles. The van der Waals surface area contributed by atoms with Crippen molar-refractivity contribution in [2.45, 2.75) is 12.8 Å². The third-order valence-electron chi connectivity index (χ3n) is 4.06. The van der Waals surface area contributed by atoms with Gasteiger partial charge in [-0.15, -0.1) is 0 Å². The molecule has 1 atom stereocenters. The maximum atomic E-state index is 12.3. The van der Waals surface area contributed by atoms with E-state index in [0.29, 0.717) is 24.6 Å². The van der Waals surface area contributed by atoms with E-state index in [1.165, 1.54) is 4.90 Å². The van der Waals surface area contributed by atoms with Crippen molar-refractivity contribution in [1.82, 2.24) is 14.9 Å². The fourth-order valence-corrected chi connectivity index (χ4v) is 2.76. The van der Waals surface area contributed by atoms with Gasteiger partial charge >= 0.3 is 6.03 Å². The Morgan fingerprint density at radius 1 is 1.17 bits per heavy atom. The lowest BCUT2D eigenvalue weighted by atomic mass is 9.97. The second kappa shape index (κ2) is 7.08. The Bertz CT molecular complexity index is 718. The number of hydrogen-bond donors (Lipinski definition) is 2. The number of carbonyl (C=O) groups excluding carboxylic acids is 2. The molecule has 3 amide bonds. The fourth-order valence-electron chi connectivity index (χ4n) is 2.76. The van der Waals surface area contributed by atoms with Gasteiger partial charge in [0.2, 0.25) is 5.91 Å². The average molecular weight is 325 g/mol. The molecule has 0 radical (unpaired) electrons. The van der Waals surface area contributed by atoms with Crippen LogP contribution in [0.3, 0.4) is 0 Å². The molecule has 3 rings (SSSR count). The summed E-state index contributed by atoms with van der Waals surface area (Å²) >= 11 is 0. The number of primary amides is 1. The highest BCUT2D eigenvalue weighted by atomic mass is 16.2. The van der Waals surface area contributed by atoms with E-state index in [1.807, 2.05) is 30.3 Å². The van der Waals surface area contributed by atoms with Crippen molar-refractivity contribution in [2.75, 3.05) is 18.4 Å². The zero-order chi connectivity index (χ0) is 16.9. The maximum Gasteiger partial charge on any atom is 0.314 e. The second-order valence-electron chi connectivity index (χ2n) is 5.77. The van der Waals surface area contributed by atoms with Crippen molar-refractivity contribution in [1.29, 1.82) is 0 Å². The van der Waals surface area contributed by atoms with Crippen LogP contribution in [0.5, 0.6) is 0 Å². The number of benzene rings is 1. The molecule has 0 spiro atoms. The van der Waals surface area contributed by atoms with Crippen LogP contribution in [0.2, 0.25) is 0 Å². The first kappa shape index (κ1) is 15.9. The minimum atomic E-state index is -0.483. The summed E-state index contributed by atoms with van der Waals surface area (Å²) in [6.45, 7) is 0.956. The van der Waals surface area contributed by atoms with Crippen molar-refractivity contribution >= 4 is 17.6 Å². The monoisotopic (exact) mass is 325 g/mol. The molecule has 7 heteroatoms. The van der Waals surface area contributed by atoms with Gasteiger partial charge in [-0.05, 0) is 12.8 Å². The van der Waals surface area contributed by atoms with E-state index in [9.17, 15) is 9.59 Å². The molecule has 0 aliphatic carbocycles. The quantitative estimate of drug-likeness (QED) is 0.899. The van der Waals surface area contributed by atoms with Crippen molar-refractivity contribution in [3.05, 3.63) is 42.7 Å². The first-order valence-electron chi connectivity index (χ1n) is 7.86. The molecule has 3 N–H and O–H groups in total. The first-order valence-corrected chi connectivity index (χ1v) is 7.86. The van der Waals surface area contributed by atoms with E-state index in [-0.39, 0.29) is 11.8 Å². The molecule has 1 aliphatic heterocycles. The summed E-state index contributed by atoms with van der Waals surface area (Å²) in [5.41, 5.74) is 6.74. The summed E-state index contributed by atoms with van der Waals surface area (Å²) < 4.78 is 0. The largest absolute Gasteiger partial charge is 0.351 e. The SMILES string of the molecule is NC(=O)N1CCC[C@H](C(=O)Nc2cnc(-c3ccccc3)nc2)C1. The molecule has 124 valence electrons. The molecule has 1 fully saturated rings. The molecule has 1 aromatic carbocycles. The van der Waals surface area contributed by atoms with Gasteiger partial charge < -0.3 is 16.0 Å². The average Bonchev–Trinajstić information content (AvgIpc) is 2.63. The van der Waals surface area contributed by atoms with Gasteiger partial charge in [0, 0.05) is 18.7 Å². The Morgan fingerprint density at radius 2 is 1.88 bits per heavy atom. The number of rotatable bonds is 3. The molecular weight excluding hydrogens is 306 g/mol. The number of carbonyl (C=O) groups is 2. The van der Waals surface area contributed by atoms with E-state index in [1.54, 1.807) is 12.4 Å². The topological polar surface area (TPSA) is 101 Å². The van der Waals surface area contributed by atoms with Gasteiger partial charge in [0.15, 0.2) is 5.82 Å². The third kappa shape index (κ3) is 3.68. The van der Waals surface area contributed by atoms with Crippen LogP contribution >= 0.6 is 0 Å². The van der Waals surface area contributed by atoms with E-state index < -0.39 is 6.03 Å². The van der Waals surface area contributed by atoms with Gasteiger partial charge in [-0.3, -0.25) is 4.79 Å². The number of anilines is 1. The lowest BCUT2D eigenvalue weighted by Crippen LogP contribution is -2.46. The maximum absolute atomic E-state index is 12.3. The molecule has 2 heterocycles. The smallest absolute Gasteiger partial charge is 0.314 e. The van der Waals surface area contributed by atoms with Crippen molar-refractivity contribution in [3.8, 4) is 11.4 Å². The predicted molar refractivity (Wildman–Crippen MR) is 90.0 cm³/mol.